The maximum atomic E-state index is 12.9. The smallest absolute Gasteiger partial charge is 0.199 e. The highest BCUT2D eigenvalue weighted by Crippen LogP contribution is 2.39. The summed E-state index contributed by atoms with van der Waals surface area (Å²) >= 11 is 4.98. The van der Waals surface area contributed by atoms with E-state index in [1.807, 2.05) is 38.1 Å². The number of hydrogen-bond acceptors (Lipinski definition) is 5. The Morgan fingerprint density at radius 2 is 1.96 bits per heavy atom. The molecule has 0 aliphatic heterocycles. The van der Waals surface area contributed by atoms with Gasteiger partial charge in [-0.3, -0.25) is 14.8 Å². The van der Waals surface area contributed by atoms with E-state index in [4.69, 9.17) is 5.73 Å². The molecule has 2 N–H and O–H groups in total. The SMILES string of the molecule is CC(C)(Sc1ccnc2ccc(Br)cc12)C(=O)c1ncccc1N. The van der Waals surface area contributed by atoms with Crippen LogP contribution in [0.15, 0.2) is 58.2 Å². The standard InChI is InChI=1S/C18H16BrN3OS/c1-18(2,17(23)16-13(20)4-3-8-22-16)24-15-7-9-21-14-6-5-11(19)10-12(14)15/h3-10H,20H2,1-2H3. The van der Waals surface area contributed by atoms with Crippen molar-refractivity contribution in [2.24, 2.45) is 0 Å². The zero-order valence-corrected chi connectivity index (χ0v) is 15.7. The van der Waals surface area contributed by atoms with Gasteiger partial charge in [0.05, 0.1) is 16.0 Å². The van der Waals surface area contributed by atoms with E-state index in [-0.39, 0.29) is 5.78 Å². The average molecular weight is 402 g/mol. The van der Waals surface area contributed by atoms with Crippen LogP contribution >= 0.6 is 27.7 Å². The number of carbonyl (C=O) groups is 1. The van der Waals surface area contributed by atoms with Gasteiger partial charge in [-0.25, -0.2) is 0 Å². The number of anilines is 1. The van der Waals surface area contributed by atoms with Crippen LogP contribution < -0.4 is 5.73 Å². The number of halogens is 1. The summed E-state index contributed by atoms with van der Waals surface area (Å²) in [6, 6.07) is 11.3. The van der Waals surface area contributed by atoms with E-state index in [1.54, 1.807) is 24.5 Å². The van der Waals surface area contributed by atoms with Crippen molar-refractivity contribution in [1.29, 1.82) is 0 Å². The normalized spacial score (nSPS) is 11.6. The van der Waals surface area contributed by atoms with E-state index in [0.717, 1.165) is 20.3 Å². The number of nitrogens with zero attached hydrogens (tertiary/aromatic N) is 2. The third-order valence-corrected chi connectivity index (χ3v) is 5.39. The minimum absolute atomic E-state index is 0.0921. The Balaban J connectivity index is 1.99. The zero-order valence-electron chi connectivity index (χ0n) is 13.3. The molecule has 2 aromatic heterocycles. The molecule has 0 fully saturated rings. The van der Waals surface area contributed by atoms with Gasteiger partial charge in [-0.1, -0.05) is 15.9 Å². The average Bonchev–Trinajstić information content (AvgIpc) is 2.55. The second-order valence-electron chi connectivity index (χ2n) is 5.85. The number of aromatic nitrogens is 2. The monoisotopic (exact) mass is 401 g/mol. The molecule has 0 radical (unpaired) electrons. The molecule has 6 heteroatoms. The molecule has 0 amide bonds. The minimum Gasteiger partial charge on any atom is -0.397 e. The van der Waals surface area contributed by atoms with E-state index in [2.05, 4.69) is 25.9 Å². The molecule has 0 atom stereocenters. The van der Waals surface area contributed by atoms with Crippen LogP contribution in [-0.4, -0.2) is 20.5 Å². The maximum absolute atomic E-state index is 12.9. The molecular weight excluding hydrogens is 386 g/mol. The maximum Gasteiger partial charge on any atom is 0.199 e. The van der Waals surface area contributed by atoms with Crippen molar-refractivity contribution in [1.82, 2.24) is 9.97 Å². The highest BCUT2D eigenvalue weighted by atomic mass is 79.9. The van der Waals surface area contributed by atoms with Gasteiger partial charge >= 0.3 is 0 Å². The van der Waals surface area contributed by atoms with Crippen LogP contribution in [0.1, 0.15) is 24.3 Å². The van der Waals surface area contributed by atoms with Crippen molar-refractivity contribution < 1.29 is 4.79 Å². The summed E-state index contributed by atoms with van der Waals surface area (Å²) in [6.45, 7) is 3.77. The lowest BCUT2D eigenvalue weighted by Crippen LogP contribution is -2.29. The van der Waals surface area contributed by atoms with E-state index >= 15 is 0 Å². The van der Waals surface area contributed by atoms with Crippen molar-refractivity contribution in [3.8, 4) is 0 Å². The van der Waals surface area contributed by atoms with E-state index in [1.165, 1.54) is 11.8 Å². The molecule has 0 aliphatic carbocycles. The first kappa shape index (κ1) is 16.9. The second kappa shape index (κ2) is 6.53. The third kappa shape index (κ3) is 3.30. The summed E-state index contributed by atoms with van der Waals surface area (Å²) < 4.78 is 0.266. The summed E-state index contributed by atoms with van der Waals surface area (Å²) in [7, 11) is 0. The van der Waals surface area contributed by atoms with Crippen LogP contribution in [0.25, 0.3) is 10.9 Å². The number of pyridine rings is 2. The molecule has 3 rings (SSSR count). The molecule has 0 aliphatic rings. The Kier molecular flexibility index (Phi) is 4.60. The fourth-order valence-corrected chi connectivity index (χ4v) is 3.90. The summed E-state index contributed by atoms with van der Waals surface area (Å²) in [5.41, 5.74) is 7.52. The number of benzene rings is 1. The molecule has 0 unspecified atom stereocenters. The number of rotatable bonds is 4. The van der Waals surface area contributed by atoms with Crippen molar-refractivity contribution >= 4 is 50.1 Å². The molecule has 0 saturated carbocycles. The Morgan fingerprint density at radius 3 is 2.71 bits per heavy atom. The van der Waals surface area contributed by atoms with E-state index in [9.17, 15) is 4.79 Å². The van der Waals surface area contributed by atoms with Gasteiger partial charge in [-0.15, -0.1) is 11.8 Å². The van der Waals surface area contributed by atoms with Crippen molar-refractivity contribution in [2.75, 3.05) is 5.73 Å². The Bertz CT molecular complexity index is 927. The molecule has 0 bridgehead atoms. The molecule has 3 aromatic rings. The Hall–Kier alpha value is -1.92. The summed E-state index contributed by atoms with van der Waals surface area (Å²) in [5.74, 6) is -0.0921. The largest absolute Gasteiger partial charge is 0.397 e. The van der Waals surface area contributed by atoms with Gasteiger partial charge in [-0.2, -0.15) is 0 Å². The van der Waals surface area contributed by atoms with Crippen LogP contribution in [0.2, 0.25) is 0 Å². The summed E-state index contributed by atoms with van der Waals surface area (Å²) in [4.78, 5) is 22.4. The quantitative estimate of drug-likeness (QED) is 0.505. The fourth-order valence-electron chi connectivity index (χ4n) is 2.40. The number of nitrogen functional groups attached to an aromatic ring is 1. The number of fused-ring (bicyclic) bond motifs is 1. The van der Waals surface area contributed by atoms with Crippen LogP contribution in [0.4, 0.5) is 5.69 Å². The van der Waals surface area contributed by atoms with Gasteiger partial charge in [0.2, 0.25) is 0 Å². The van der Waals surface area contributed by atoms with Crippen LogP contribution in [-0.2, 0) is 0 Å². The topological polar surface area (TPSA) is 68.9 Å². The van der Waals surface area contributed by atoms with Crippen LogP contribution in [0.5, 0.6) is 0 Å². The van der Waals surface area contributed by atoms with Crippen molar-refractivity contribution in [3.63, 3.8) is 0 Å². The summed E-state index contributed by atoms with van der Waals surface area (Å²) in [5, 5.41) is 1.01. The molecular formula is C18H16BrN3OS. The van der Waals surface area contributed by atoms with E-state index < -0.39 is 4.75 Å². The van der Waals surface area contributed by atoms with Crippen LogP contribution in [0.3, 0.4) is 0 Å². The molecule has 0 spiro atoms. The highest BCUT2D eigenvalue weighted by Gasteiger charge is 2.32. The molecule has 4 nitrogen and oxygen atoms in total. The first-order chi connectivity index (χ1) is 11.4. The van der Waals surface area contributed by atoms with Crippen molar-refractivity contribution in [2.45, 2.75) is 23.5 Å². The van der Waals surface area contributed by atoms with Gasteiger partial charge < -0.3 is 5.73 Å². The third-order valence-electron chi connectivity index (χ3n) is 3.63. The fraction of sp³-hybridized carbons (Fsp3) is 0.167. The lowest BCUT2D eigenvalue weighted by Gasteiger charge is -2.23. The van der Waals surface area contributed by atoms with Gasteiger partial charge in [0.25, 0.3) is 0 Å². The van der Waals surface area contributed by atoms with Gasteiger partial charge in [0.15, 0.2) is 5.78 Å². The van der Waals surface area contributed by atoms with Gasteiger partial charge in [0.1, 0.15) is 5.69 Å². The number of Topliss-reactive ketones (excluding diaryl/α,β-unsaturated/α-hetero) is 1. The Morgan fingerprint density at radius 1 is 1.17 bits per heavy atom. The number of hydrogen-bond donors (Lipinski definition) is 1. The second-order valence-corrected chi connectivity index (χ2v) is 8.43. The molecule has 2 heterocycles. The van der Waals surface area contributed by atoms with E-state index in [0.29, 0.717) is 11.4 Å². The molecule has 122 valence electrons. The minimum atomic E-state index is -0.709. The van der Waals surface area contributed by atoms with Crippen molar-refractivity contribution in [3.05, 3.63) is 59.0 Å². The molecule has 24 heavy (non-hydrogen) atoms. The molecule has 0 saturated heterocycles. The predicted octanol–water partition coefficient (Wildman–Crippen LogP) is 4.73. The number of thioether (sulfide) groups is 1. The lowest BCUT2D eigenvalue weighted by atomic mass is 10.0. The lowest BCUT2D eigenvalue weighted by molar-refractivity contribution is 0.0954. The first-order valence-corrected chi connectivity index (χ1v) is 8.98. The first-order valence-electron chi connectivity index (χ1n) is 7.37. The highest BCUT2D eigenvalue weighted by molar-refractivity contribution is 9.10. The van der Waals surface area contributed by atoms with Crippen LogP contribution in [0, 0.1) is 0 Å². The Labute approximate surface area is 153 Å². The summed E-state index contributed by atoms with van der Waals surface area (Å²) in [6.07, 6.45) is 3.34. The number of ketones is 1. The van der Waals surface area contributed by atoms with Gasteiger partial charge in [-0.05, 0) is 50.2 Å². The number of nitrogens with two attached hydrogens (primary N) is 1. The zero-order chi connectivity index (χ0) is 17.3. The predicted molar refractivity (Wildman–Crippen MR) is 102 cm³/mol. The van der Waals surface area contributed by atoms with Gasteiger partial charge in [0, 0.05) is 27.1 Å². The molecule has 1 aromatic carbocycles. The number of carbonyl (C=O) groups excluding carboxylic acids is 1.